The first-order chi connectivity index (χ1) is 18.5. The standard InChI is InChI=1S/C27H24F6N6/c1-16-5-2-3-12-39(16)15-23-37-21-13-17(24-20(26(28,29)30)6-4-11-34-24)7-9-19(21)25(38-23)36-18-8-10-22(35-14-18)27(31,32)33/h4,6-11,13-14,16H,2-3,5,12,15H2,1H3,(H,36,37,38). The third-order valence-electron chi connectivity index (χ3n) is 6.73. The first kappa shape index (κ1) is 26.8. The second-order valence-electron chi connectivity index (χ2n) is 9.49. The summed E-state index contributed by atoms with van der Waals surface area (Å²) in [7, 11) is 0. The van der Waals surface area contributed by atoms with Gasteiger partial charge in [-0.25, -0.2) is 15.0 Å². The number of nitrogens with one attached hydrogen (secondary N) is 1. The predicted octanol–water partition coefficient (Wildman–Crippen LogP) is 7.24. The average Bonchev–Trinajstić information content (AvgIpc) is 2.89. The Morgan fingerprint density at radius 2 is 1.77 bits per heavy atom. The van der Waals surface area contributed by atoms with E-state index in [9.17, 15) is 26.3 Å². The number of benzene rings is 1. The van der Waals surface area contributed by atoms with Crippen molar-refractivity contribution in [3.05, 3.63) is 71.9 Å². The van der Waals surface area contributed by atoms with Crippen LogP contribution in [0.5, 0.6) is 0 Å². The first-order valence-corrected chi connectivity index (χ1v) is 12.4. The topological polar surface area (TPSA) is 66.8 Å². The summed E-state index contributed by atoms with van der Waals surface area (Å²) in [4.78, 5) is 19.0. The minimum atomic E-state index is -4.60. The summed E-state index contributed by atoms with van der Waals surface area (Å²) in [5.74, 6) is 0.748. The largest absolute Gasteiger partial charge is 0.433 e. The minimum absolute atomic E-state index is 0.224. The third kappa shape index (κ3) is 5.95. The highest BCUT2D eigenvalue weighted by molar-refractivity contribution is 5.93. The highest BCUT2D eigenvalue weighted by Crippen LogP contribution is 2.37. The van der Waals surface area contributed by atoms with Crippen molar-refractivity contribution in [2.45, 2.75) is 51.1 Å². The quantitative estimate of drug-likeness (QED) is 0.266. The van der Waals surface area contributed by atoms with Crippen LogP contribution in [0.25, 0.3) is 22.2 Å². The SMILES string of the molecule is CC1CCCCN1Cc1nc(Nc2ccc(C(F)(F)F)nc2)c2ccc(-c3ncccc3C(F)(F)F)cc2n1. The van der Waals surface area contributed by atoms with Gasteiger partial charge in [0, 0.05) is 23.2 Å². The van der Waals surface area contributed by atoms with Crippen molar-refractivity contribution >= 4 is 22.4 Å². The van der Waals surface area contributed by atoms with Crippen LogP contribution in [0.2, 0.25) is 0 Å². The maximum Gasteiger partial charge on any atom is 0.433 e. The number of fused-ring (bicyclic) bond motifs is 1. The van der Waals surface area contributed by atoms with Crippen LogP contribution < -0.4 is 5.32 Å². The van der Waals surface area contributed by atoms with Crippen LogP contribution in [0, 0.1) is 0 Å². The lowest BCUT2D eigenvalue weighted by Crippen LogP contribution is -2.37. The second kappa shape index (κ2) is 10.4. The van der Waals surface area contributed by atoms with E-state index in [2.05, 4.69) is 37.1 Å². The lowest BCUT2D eigenvalue weighted by molar-refractivity contribution is -0.141. The Morgan fingerprint density at radius 1 is 0.949 bits per heavy atom. The van der Waals surface area contributed by atoms with Gasteiger partial charge in [0.2, 0.25) is 0 Å². The number of hydrogen-bond donors (Lipinski definition) is 1. The highest BCUT2D eigenvalue weighted by Gasteiger charge is 2.34. The van der Waals surface area contributed by atoms with Crippen molar-refractivity contribution in [2.24, 2.45) is 0 Å². The van der Waals surface area contributed by atoms with Gasteiger partial charge in [0.1, 0.15) is 17.3 Å². The number of piperidine rings is 1. The summed E-state index contributed by atoms with van der Waals surface area (Å²) in [6.45, 7) is 3.39. The summed E-state index contributed by atoms with van der Waals surface area (Å²) in [5.41, 5.74) is -1.24. The molecular weight excluding hydrogens is 522 g/mol. The summed E-state index contributed by atoms with van der Waals surface area (Å²) >= 11 is 0. The molecular formula is C27H24F6N6. The molecule has 1 fully saturated rings. The zero-order valence-electron chi connectivity index (χ0n) is 20.8. The molecule has 0 bridgehead atoms. The fraction of sp³-hybridized carbons (Fsp3) is 0.333. The molecule has 1 aromatic carbocycles. The Bertz CT molecular complexity index is 1470. The summed E-state index contributed by atoms with van der Waals surface area (Å²) in [6, 6.07) is 9.21. The first-order valence-electron chi connectivity index (χ1n) is 12.4. The van der Waals surface area contributed by atoms with E-state index in [-0.39, 0.29) is 16.9 Å². The van der Waals surface area contributed by atoms with Crippen molar-refractivity contribution in [1.29, 1.82) is 0 Å². The average molecular weight is 547 g/mol. The third-order valence-corrected chi connectivity index (χ3v) is 6.73. The Kier molecular flexibility index (Phi) is 7.15. The van der Waals surface area contributed by atoms with Crippen LogP contribution in [0.15, 0.2) is 54.9 Å². The van der Waals surface area contributed by atoms with E-state index in [1.807, 2.05) is 0 Å². The van der Waals surface area contributed by atoms with E-state index in [4.69, 9.17) is 0 Å². The van der Waals surface area contributed by atoms with Crippen molar-refractivity contribution in [2.75, 3.05) is 11.9 Å². The van der Waals surface area contributed by atoms with E-state index < -0.39 is 23.6 Å². The molecule has 6 nitrogen and oxygen atoms in total. The van der Waals surface area contributed by atoms with Crippen LogP contribution in [0.1, 0.15) is 43.3 Å². The molecule has 1 N–H and O–H groups in total. The number of halogens is 6. The molecule has 0 spiro atoms. The highest BCUT2D eigenvalue weighted by atomic mass is 19.4. The van der Waals surface area contributed by atoms with Gasteiger partial charge in [0.15, 0.2) is 0 Å². The number of likely N-dealkylation sites (tertiary alicyclic amines) is 1. The molecule has 0 saturated carbocycles. The van der Waals surface area contributed by atoms with Gasteiger partial charge in [-0.2, -0.15) is 26.3 Å². The van der Waals surface area contributed by atoms with E-state index in [0.717, 1.165) is 44.1 Å². The van der Waals surface area contributed by atoms with Crippen molar-refractivity contribution < 1.29 is 26.3 Å². The zero-order valence-corrected chi connectivity index (χ0v) is 20.8. The van der Waals surface area contributed by atoms with Crippen LogP contribution in [0.3, 0.4) is 0 Å². The number of hydrogen-bond acceptors (Lipinski definition) is 6. The molecule has 0 radical (unpaired) electrons. The number of rotatable bonds is 5. The number of pyridine rings is 2. The molecule has 5 rings (SSSR count). The smallest absolute Gasteiger partial charge is 0.338 e. The number of aromatic nitrogens is 4. The predicted molar refractivity (Wildman–Crippen MR) is 134 cm³/mol. The molecule has 39 heavy (non-hydrogen) atoms. The summed E-state index contributed by atoms with van der Waals surface area (Å²) in [6.07, 6.45) is -3.63. The molecule has 4 aromatic rings. The zero-order chi connectivity index (χ0) is 27.8. The van der Waals surface area contributed by atoms with Crippen LogP contribution in [-0.2, 0) is 18.9 Å². The number of nitrogens with zero attached hydrogens (tertiary/aromatic N) is 5. The van der Waals surface area contributed by atoms with E-state index in [1.54, 1.807) is 6.07 Å². The Morgan fingerprint density at radius 3 is 2.46 bits per heavy atom. The fourth-order valence-electron chi connectivity index (χ4n) is 4.70. The fourth-order valence-corrected chi connectivity index (χ4v) is 4.70. The normalized spacial score (nSPS) is 16.9. The van der Waals surface area contributed by atoms with Gasteiger partial charge in [-0.3, -0.25) is 9.88 Å². The van der Waals surface area contributed by atoms with E-state index in [0.29, 0.717) is 35.1 Å². The summed E-state index contributed by atoms with van der Waals surface area (Å²) < 4.78 is 79.9. The molecule has 1 aliphatic rings. The lowest BCUT2D eigenvalue weighted by Gasteiger charge is -2.32. The van der Waals surface area contributed by atoms with Crippen LogP contribution in [-0.4, -0.2) is 37.4 Å². The molecule has 3 aromatic heterocycles. The van der Waals surface area contributed by atoms with Crippen LogP contribution >= 0.6 is 0 Å². The number of anilines is 2. The Hall–Kier alpha value is -3.80. The molecule has 1 saturated heterocycles. The number of alkyl halides is 6. The molecule has 0 amide bonds. The van der Waals surface area contributed by atoms with E-state index >= 15 is 0 Å². The van der Waals surface area contributed by atoms with Gasteiger partial charge >= 0.3 is 12.4 Å². The molecule has 4 heterocycles. The van der Waals surface area contributed by atoms with Crippen molar-refractivity contribution in [1.82, 2.24) is 24.8 Å². The molecule has 0 aliphatic carbocycles. The maximum absolute atomic E-state index is 13.7. The van der Waals surface area contributed by atoms with Gasteiger partial charge in [-0.1, -0.05) is 12.5 Å². The molecule has 12 heteroatoms. The second-order valence-corrected chi connectivity index (χ2v) is 9.49. The molecule has 1 unspecified atom stereocenters. The Balaban J connectivity index is 1.58. The molecule has 204 valence electrons. The summed E-state index contributed by atoms with van der Waals surface area (Å²) in [5, 5.41) is 3.50. The lowest BCUT2D eigenvalue weighted by atomic mass is 10.0. The monoisotopic (exact) mass is 546 g/mol. The van der Waals surface area contributed by atoms with Gasteiger partial charge in [-0.05, 0) is 62.7 Å². The Labute approximate surface area is 220 Å². The minimum Gasteiger partial charge on any atom is -0.338 e. The van der Waals surface area contributed by atoms with Gasteiger partial charge < -0.3 is 5.32 Å². The maximum atomic E-state index is 13.7. The molecule has 1 aliphatic heterocycles. The van der Waals surface area contributed by atoms with Gasteiger partial charge in [0.05, 0.1) is 35.2 Å². The van der Waals surface area contributed by atoms with Gasteiger partial charge in [-0.15, -0.1) is 0 Å². The van der Waals surface area contributed by atoms with E-state index in [1.165, 1.54) is 30.5 Å². The molecule has 1 atom stereocenters. The van der Waals surface area contributed by atoms with Gasteiger partial charge in [0.25, 0.3) is 0 Å². The van der Waals surface area contributed by atoms with Crippen molar-refractivity contribution in [3.63, 3.8) is 0 Å². The van der Waals surface area contributed by atoms with Crippen molar-refractivity contribution in [3.8, 4) is 11.3 Å². The van der Waals surface area contributed by atoms with Crippen LogP contribution in [0.4, 0.5) is 37.8 Å².